The normalized spacial score (nSPS) is 13.1. The molecular formula is C13H18O4S. The van der Waals surface area contributed by atoms with Crippen molar-refractivity contribution in [3.8, 4) is 0 Å². The third-order valence-corrected chi connectivity index (χ3v) is 4.30. The molecule has 0 amide bonds. The van der Waals surface area contributed by atoms with Crippen LogP contribution in [0.2, 0.25) is 0 Å². The van der Waals surface area contributed by atoms with Gasteiger partial charge in [0.2, 0.25) is 0 Å². The maximum Gasteiger partial charge on any atom is 0.302 e. The van der Waals surface area contributed by atoms with Crippen molar-refractivity contribution >= 4 is 15.8 Å². The third kappa shape index (κ3) is 4.49. The third-order valence-electron chi connectivity index (χ3n) is 2.54. The van der Waals surface area contributed by atoms with Gasteiger partial charge in [0.05, 0.1) is 16.8 Å². The Hall–Kier alpha value is -1.36. The summed E-state index contributed by atoms with van der Waals surface area (Å²) >= 11 is 0. The highest BCUT2D eigenvalue weighted by atomic mass is 32.2. The molecule has 0 saturated carbocycles. The molecule has 4 nitrogen and oxygen atoms in total. The fourth-order valence-electron chi connectivity index (χ4n) is 1.53. The van der Waals surface area contributed by atoms with Crippen LogP contribution in [0.25, 0.3) is 0 Å². The molecule has 1 aromatic carbocycles. The molecule has 100 valence electrons. The van der Waals surface area contributed by atoms with Gasteiger partial charge in [-0.25, -0.2) is 8.42 Å². The van der Waals surface area contributed by atoms with Gasteiger partial charge in [-0.1, -0.05) is 17.7 Å². The van der Waals surface area contributed by atoms with E-state index in [0.717, 1.165) is 5.56 Å². The summed E-state index contributed by atoms with van der Waals surface area (Å²) in [5.74, 6) is -0.417. The molecule has 0 aromatic heterocycles. The van der Waals surface area contributed by atoms with Gasteiger partial charge >= 0.3 is 5.97 Å². The first-order chi connectivity index (χ1) is 8.31. The van der Waals surface area contributed by atoms with E-state index in [-0.39, 0.29) is 11.9 Å². The van der Waals surface area contributed by atoms with Crippen molar-refractivity contribution in [1.82, 2.24) is 0 Å². The Labute approximate surface area is 108 Å². The van der Waals surface area contributed by atoms with E-state index in [2.05, 4.69) is 0 Å². The summed E-state index contributed by atoms with van der Waals surface area (Å²) in [6.07, 6.45) is -0.0850. The minimum atomic E-state index is -3.30. The van der Waals surface area contributed by atoms with E-state index < -0.39 is 15.8 Å². The molecule has 0 heterocycles. The number of hydrogen-bond donors (Lipinski definition) is 0. The molecule has 0 saturated heterocycles. The first-order valence-electron chi connectivity index (χ1n) is 5.78. The molecule has 0 bridgehead atoms. The molecule has 0 aliphatic heterocycles. The zero-order chi connectivity index (χ0) is 13.8. The largest absolute Gasteiger partial charge is 0.463 e. The summed E-state index contributed by atoms with van der Waals surface area (Å²) in [4.78, 5) is 11.0. The minimum Gasteiger partial charge on any atom is -0.463 e. The first-order valence-corrected chi connectivity index (χ1v) is 7.43. The predicted molar refractivity (Wildman–Crippen MR) is 69.1 cm³/mol. The summed E-state index contributed by atoms with van der Waals surface area (Å²) in [5, 5.41) is 0. The Morgan fingerprint density at radius 1 is 1.28 bits per heavy atom. The molecular weight excluding hydrogens is 252 g/mol. The molecule has 18 heavy (non-hydrogen) atoms. The molecule has 1 rings (SSSR count). The zero-order valence-corrected chi connectivity index (χ0v) is 11.7. The maximum absolute atomic E-state index is 12.0. The van der Waals surface area contributed by atoms with Crippen LogP contribution in [0.5, 0.6) is 0 Å². The lowest BCUT2D eigenvalue weighted by Crippen LogP contribution is -2.17. The number of esters is 1. The van der Waals surface area contributed by atoms with Gasteiger partial charge in [0.1, 0.15) is 0 Å². The summed E-state index contributed by atoms with van der Waals surface area (Å²) in [6, 6.07) is 6.73. The molecule has 0 radical (unpaired) electrons. The number of rotatable bonds is 5. The zero-order valence-electron chi connectivity index (χ0n) is 10.8. The van der Waals surface area contributed by atoms with Crippen LogP contribution in [0.1, 0.15) is 25.8 Å². The van der Waals surface area contributed by atoms with Crippen molar-refractivity contribution < 1.29 is 17.9 Å². The van der Waals surface area contributed by atoms with Crippen molar-refractivity contribution in [3.63, 3.8) is 0 Å². The van der Waals surface area contributed by atoms with Crippen LogP contribution in [0, 0.1) is 6.92 Å². The first kappa shape index (κ1) is 14.7. The Morgan fingerprint density at radius 3 is 2.33 bits per heavy atom. The van der Waals surface area contributed by atoms with Crippen molar-refractivity contribution in [2.24, 2.45) is 0 Å². The van der Waals surface area contributed by atoms with E-state index in [9.17, 15) is 13.2 Å². The summed E-state index contributed by atoms with van der Waals surface area (Å²) in [7, 11) is -3.30. The van der Waals surface area contributed by atoms with Gasteiger partial charge in [0.15, 0.2) is 9.84 Å². The van der Waals surface area contributed by atoms with Crippen molar-refractivity contribution in [2.75, 3.05) is 5.75 Å². The van der Waals surface area contributed by atoms with E-state index in [1.807, 2.05) is 6.92 Å². The lowest BCUT2D eigenvalue weighted by molar-refractivity contribution is -0.145. The van der Waals surface area contributed by atoms with Gasteiger partial charge in [-0.3, -0.25) is 4.79 Å². The molecule has 0 aliphatic rings. The predicted octanol–water partition coefficient (Wildman–Crippen LogP) is 2.11. The topological polar surface area (TPSA) is 60.4 Å². The molecule has 1 unspecified atom stereocenters. The fraction of sp³-hybridized carbons (Fsp3) is 0.462. The van der Waals surface area contributed by atoms with E-state index >= 15 is 0 Å². The number of aryl methyl sites for hydroxylation is 1. The molecule has 1 aromatic rings. The van der Waals surface area contributed by atoms with Gasteiger partial charge in [-0.05, 0) is 32.4 Å². The standard InChI is InChI=1S/C13H18O4S/c1-10-4-6-13(7-5-10)18(15,16)9-8-11(2)17-12(3)14/h4-7,11H,8-9H2,1-3H3. The summed E-state index contributed by atoms with van der Waals surface area (Å²) < 4.78 is 28.9. The number of sulfone groups is 1. The second-order valence-electron chi connectivity index (χ2n) is 4.34. The Morgan fingerprint density at radius 2 is 1.83 bits per heavy atom. The van der Waals surface area contributed by atoms with Crippen LogP contribution in [0.4, 0.5) is 0 Å². The highest BCUT2D eigenvalue weighted by Crippen LogP contribution is 2.14. The van der Waals surface area contributed by atoms with Gasteiger partial charge in [-0.15, -0.1) is 0 Å². The Balaban J connectivity index is 2.65. The average Bonchev–Trinajstić information content (AvgIpc) is 2.26. The van der Waals surface area contributed by atoms with Crippen LogP contribution >= 0.6 is 0 Å². The highest BCUT2D eigenvalue weighted by Gasteiger charge is 2.16. The van der Waals surface area contributed by atoms with E-state index in [1.54, 1.807) is 31.2 Å². The molecule has 0 N–H and O–H groups in total. The quantitative estimate of drug-likeness (QED) is 0.769. The van der Waals surface area contributed by atoms with Crippen molar-refractivity contribution in [1.29, 1.82) is 0 Å². The highest BCUT2D eigenvalue weighted by molar-refractivity contribution is 7.91. The van der Waals surface area contributed by atoms with Crippen LogP contribution in [-0.4, -0.2) is 26.2 Å². The SMILES string of the molecule is CC(=O)OC(C)CCS(=O)(=O)c1ccc(C)cc1. The summed E-state index contributed by atoms with van der Waals surface area (Å²) in [5.41, 5.74) is 1.02. The smallest absolute Gasteiger partial charge is 0.302 e. The Kier molecular flexibility index (Phi) is 4.90. The van der Waals surface area contributed by atoms with Crippen molar-refractivity contribution in [2.45, 2.75) is 38.2 Å². The lowest BCUT2D eigenvalue weighted by Gasteiger charge is -2.11. The average molecular weight is 270 g/mol. The van der Waals surface area contributed by atoms with E-state index in [0.29, 0.717) is 11.3 Å². The number of hydrogen-bond acceptors (Lipinski definition) is 4. The Bertz CT molecular complexity index is 502. The van der Waals surface area contributed by atoms with E-state index in [4.69, 9.17) is 4.74 Å². The van der Waals surface area contributed by atoms with Gasteiger partial charge in [0.25, 0.3) is 0 Å². The minimum absolute atomic E-state index is 0.0233. The van der Waals surface area contributed by atoms with Crippen LogP contribution in [0.15, 0.2) is 29.2 Å². The monoisotopic (exact) mass is 270 g/mol. The van der Waals surface area contributed by atoms with E-state index in [1.165, 1.54) is 6.92 Å². The van der Waals surface area contributed by atoms with Gasteiger partial charge in [0, 0.05) is 6.92 Å². The van der Waals surface area contributed by atoms with Gasteiger partial charge in [-0.2, -0.15) is 0 Å². The lowest BCUT2D eigenvalue weighted by atomic mass is 10.2. The molecule has 0 spiro atoms. The number of ether oxygens (including phenoxy) is 1. The number of carbonyl (C=O) groups excluding carboxylic acids is 1. The number of carbonyl (C=O) groups is 1. The van der Waals surface area contributed by atoms with Crippen LogP contribution < -0.4 is 0 Å². The second-order valence-corrected chi connectivity index (χ2v) is 6.45. The summed E-state index contributed by atoms with van der Waals surface area (Å²) in [6.45, 7) is 4.90. The second kappa shape index (κ2) is 6.00. The molecule has 0 fully saturated rings. The molecule has 5 heteroatoms. The molecule has 0 aliphatic carbocycles. The molecule has 1 atom stereocenters. The van der Waals surface area contributed by atoms with Crippen LogP contribution in [0.3, 0.4) is 0 Å². The maximum atomic E-state index is 12.0. The number of benzene rings is 1. The van der Waals surface area contributed by atoms with Crippen molar-refractivity contribution in [3.05, 3.63) is 29.8 Å². The van der Waals surface area contributed by atoms with Crippen LogP contribution in [-0.2, 0) is 19.4 Å². The fourth-order valence-corrected chi connectivity index (χ4v) is 2.96. The van der Waals surface area contributed by atoms with Gasteiger partial charge < -0.3 is 4.74 Å².